The smallest absolute Gasteiger partial charge is 0.255 e. The molecule has 0 aliphatic rings. The molecule has 0 atom stereocenters. The van der Waals surface area contributed by atoms with Crippen LogP contribution in [-0.2, 0) is 0 Å². The minimum absolute atomic E-state index is 0.0382. The molecule has 1 amide bonds. The van der Waals surface area contributed by atoms with Gasteiger partial charge in [-0.15, -0.1) is 0 Å². The molecule has 0 radical (unpaired) electrons. The van der Waals surface area contributed by atoms with Crippen LogP contribution < -0.4 is 0 Å². The zero-order valence-electron chi connectivity index (χ0n) is 11.1. The van der Waals surface area contributed by atoms with Crippen molar-refractivity contribution in [1.82, 2.24) is 14.8 Å². The van der Waals surface area contributed by atoms with Crippen LogP contribution in [0.3, 0.4) is 0 Å². The summed E-state index contributed by atoms with van der Waals surface area (Å²) in [4.78, 5) is 20.0. The number of carbonyl (C=O) groups is 1. The van der Waals surface area contributed by atoms with Gasteiger partial charge in [0.15, 0.2) is 0 Å². The van der Waals surface area contributed by atoms with Gasteiger partial charge in [-0.05, 0) is 46.1 Å². The van der Waals surface area contributed by atoms with Gasteiger partial charge in [0, 0.05) is 25.5 Å². The highest BCUT2D eigenvalue weighted by molar-refractivity contribution is 5.93. The lowest BCUT2D eigenvalue weighted by Gasteiger charge is -2.18. The van der Waals surface area contributed by atoms with Gasteiger partial charge in [0.05, 0.1) is 5.56 Å². The largest absolute Gasteiger partial charge is 0.342 e. The first-order chi connectivity index (χ1) is 8.00. The SMILES string of the molecule is Cc1ccc(C(=O)N(C)CCCN(C)C)cn1. The Morgan fingerprint density at radius 3 is 2.47 bits per heavy atom. The third-order valence-electron chi connectivity index (χ3n) is 2.60. The molecule has 0 aromatic carbocycles. The number of hydrogen-bond acceptors (Lipinski definition) is 3. The Bertz CT molecular complexity index is 359. The van der Waals surface area contributed by atoms with Crippen molar-refractivity contribution in [3.05, 3.63) is 29.6 Å². The monoisotopic (exact) mass is 235 g/mol. The molecule has 1 heterocycles. The van der Waals surface area contributed by atoms with Gasteiger partial charge in [-0.3, -0.25) is 9.78 Å². The Balaban J connectivity index is 2.49. The molecule has 4 nitrogen and oxygen atoms in total. The number of aromatic nitrogens is 1. The quantitative estimate of drug-likeness (QED) is 0.774. The second kappa shape index (κ2) is 6.35. The predicted molar refractivity (Wildman–Crippen MR) is 69.1 cm³/mol. The number of hydrogen-bond donors (Lipinski definition) is 0. The molecule has 0 bridgehead atoms. The lowest BCUT2D eigenvalue weighted by molar-refractivity contribution is 0.0790. The van der Waals surface area contributed by atoms with Crippen LogP contribution in [0.5, 0.6) is 0 Å². The molecule has 0 unspecified atom stereocenters. The molecule has 0 aliphatic carbocycles. The van der Waals surface area contributed by atoms with Crippen molar-refractivity contribution in [2.24, 2.45) is 0 Å². The van der Waals surface area contributed by atoms with E-state index in [9.17, 15) is 4.79 Å². The number of amides is 1. The van der Waals surface area contributed by atoms with Crippen molar-refractivity contribution in [2.75, 3.05) is 34.2 Å². The average Bonchev–Trinajstić information content (AvgIpc) is 2.28. The van der Waals surface area contributed by atoms with E-state index < -0.39 is 0 Å². The van der Waals surface area contributed by atoms with Crippen LogP contribution in [0.1, 0.15) is 22.5 Å². The summed E-state index contributed by atoms with van der Waals surface area (Å²) >= 11 is 0. The second-order valence-corrected chi connectivity index (χ2v) is 4.57. The second-order valence-electron chi connectivity index (χ2n) is 4.57. The van der Waals surface area contributed by atoms with Crippen molar-refractivity contribution < 1.29 is 4.79 Å². The van der Waals surface area contributed by atoms with Crippen LogP contribution in [0.2, 0.25) is 0 Å². The molecular formula is C13H21N3O. The maximum Gasteiger partial charge on any atom is 0.255 e. The predicted octanol–water partition coefficient (Wildman–Crippen LogP) is 1.41. The van der Waals surface area contributed by atoms with E-state index in [1.54, 1.807) is 11.1 Å². The van der Waals surface area contributed by atoms with E-state index in [1.807, 2.05) is 40.2 Å². The summed E-state index contributed by atoms with van der Waals surface area (Å²) in [5.74, 6) is 0.0382. The van der Waals surface area contributed by atoms with Gasteiger partial charge >= 0.3 is 0 Å². The minimum atomic E-state index is 0.0382. The van der Waals surface area contributed by atoms with E-state index in [-0.39, 0.29) is 5.91 Å². The highest BCUT2D eigenvalue weighted by Crippen LogP contribution is 2.03. The lowest BCUT2D eigenvalue weighted by Crippen LogP contribution is -2.29. The fourth-order valence-corrected chi connectivity index (χ4v) is 1.54. The molecule has 1 rings (SSSR count). The molecule has 0 aliphatic heterocycles. The van der Waals surface area contributed by atoms with Crippen LogP contribution in [-0.4, -0.2) is 54.9 Å². The Hall–Kier alpha value is -1.42. The summed E-state index contributed by atoms with van der Waals surface area (Å²) in [5.41, 5.74) is 1.58. The molecule has 17 heavy (non-hydrogen) atoms. The molecule has 0 saturated heterocycles. The Morgan fingerprint density at radius 1 is 1.24 bits per heavy atom. The summed E-state index contributed by atoms with van der Waals surface area (Å²) in [6.07, 6.45) is 2.62. The van der Waals surface area contributed by atoms with Crippen LogP contribution in [0.15, 0.2) is 18.3 Å². The van der Waals surface area contributed by atoms with Crippen LogP contribution in [0, 0.1) is 6.92 Å². The number of rotatable bonds is 5. The highest BCUT2D eigenvalue weighted by atomic mass is 16.2. The van der Waals surface area contributed by atoms with Gasteiger partial charge in [-0.2, -0.15) is 0 Å². The standard InChI is InChI=1S/C13H21N3O/c1-11-6-7-12(10-14-11)13(17)16(4)9-5-8-15(2)3/h6-7,10H,5,8-9H2,1-4H3. The maximum absolute atomic E-state index is 12.0. The molecule has 0 N–H and O–H groups in total. The number of aryl methyl sites for hydroxylation is 1. The number of nitrogens with zero attached hydrogens (tertiary/aromatic N) is 3. The highest BCUT2D eigenvalue weighted by Gasteiger charge is 2.11. The molecular weight excluding hydrogens is 214 g/mol. The maximum atomic E-state index is 12.0. The third-order valence-corrected chi connectivity index (χ3v) is 2.60. The fraction of sp³-hybridized carbons (Fsp3) is 0.538. The van der Waals surface area contributed by atoms with Crippen molar-refractivity contribution in [3.8, 4) is 0 Å². The summed E-state index contributed by atoms with van der Waals surface area (Å²) in [6, 6.07) is 3.69. The van der Waals surface area contributed by atoms with Crippen LogP contribution in [0.25, 0.3) is 0 Å². The number of pyridine rings is 1. The van der Waals surface area contributed by atoms with E-state index in [0.29, 0.717) is 5.56 Å². The summed E-state index contributed by atoms with van der Waals surface area (Å²) < 4.78 is 0. The first kappa shape index (κ1) is 13.6. The van der Waals surface area contributed by atoms with E-state index >= 15 is 0 Å². The van der Waals surface area contributed by atoms with Gasteiger partial charge < -0.3 is 9.80 Å². The zero-order valence-corrected chi connectivity index (χ0v) is 11.1. The van der Waals surface area contributed by atoms with E-state index in [2.05, 4.69) is 9.88 Å². The van der Waals surface area contributed by atoms with E-state index in [1.165, 1.54) is 0 Å². The van der Waals surface area contributed by atoms with Gasteiger partial charge in [0.2, 0.25) is 0 Å². The van der Waals surface area contributed by atoms with Crippen molar-refractivity contribution in [3.63, 3.8) is 0 Å². The third kappa shape index (κ3) is 4.53. The summed E-state index contributed by atoms with van der Waals surface area (Å²) in [5, 5.41) is 0. The van der Waals surface area contributed by atoms with Gasteiger partial charge in [-0.25, -0.2) is 0 Å². The topological polar surface area (TPSA) is 36.4 Å². The van der Waals surface area contributed by atoms with Crippen LogP contribution in [0.4, 0.5) is 0 Å². The van der Waals surface area contributed by atoms with Gasteiger partial charge in [0.25, 0.3) is 5.91 Å². The normalized spacial score (nSPS) is 10.6. The first-order valence-electron chi connectivity index (χ1n) is 5.83. The number of carbonyl (C=O) groups excluding carboxylic acids is 1. The van der Waals surface area contributed by atoms with E-state index in [0.717, 1.165) is 25.2 Å². The zero-order chi connectivity index (χ0) is 12.8. The fourth-order valence-electron chi connectivity index (χ4n) is 1.54. The molecule has 0 spiro atoms. The van der Waals surface area contributed by atoms with Crippen LogP contribution >= 0.6 is 0 Å². The molecule has 0 saturated carbocycles. The van der Waals surface area contributed by atoms with E-state index in [4.69, 9.17) is 0 Å². The van der Waals surface area contributed by atoms with Crippen molar-refractivity contribution in [1.29, 1.82) is 0 Å². The lowest BCUT2D eigenvalue weighted by atomic mass is 10.2. The molecule has 1 aromatic rings. The molecule has 0 fully saturated rings. The molecule has 4 heteroatoms. The minimum Gasteiger partial charge on any atom is -0.342 e. The van der Waals surface area contributed by atoms with Gasteiger partial charge in [-0.1, -0.05) is 0 Å². The summed E-state index contributed by atoms with van der Waals surface area (Å²) in [7, 11) is 5.90. The Morgan fingerprint density at radius 2 is 1.94 bits per heavy atom. The van der Waals surface area contributed by atoms with Gasteiger partial charge in [0.1, 0.15) is 0 Å². The first-order valence-corrected chi connectivity index (χ1v) is 5.83. The average molecular weight is 235 g/mol. The Kier molecular flexibility index (Phi) is 5.10. The molecule has 1 aromatic heterocycles. The van der Waals surface area contributed by atoms with Crippen molar-refractivity contribution in [2.45, 2.75) is 13.3 Å². The summed E-state index contributed by atoms with van der Waals surface area (Å²) in [6.45, 7) is 3.67. The Labute approximate surface area is 103 Å². The van der Waals surface area contributed by atoms with Crippen molar-refractivity contribution >= 4 is 5.91 Å². The molecule has 94 valence electrons.